The van der Waals surface area contributed by atoms with Crippen molar-refractivity contribution in [3.8, 4) is 5.69 Å². The van der Waals surface area contributed by atoms with Gasteiger partial charge in [-0.1, -0.05) is 30.3 Å². The van der Waals surface area contributed by atoms with Crippen molar-refractivity contribution in [2.24, 2.45) is 0 Å². The fourth-order valence-corrected chi connectivity index (χ4v) is 3.99. The molecule has 0 unspecified atom stereocenters. The summed E-state index contributed by atoms with van der Waals surface area (Å²) in [5.41, 5.74) is 2.78. The highest BCUT2D eigenvalue weighted by atomic mass is 32.2. The van der Waals surface area contributed by atoms with Crippen molar-refractivity contribution < 1.29 is 13.2 Å². The predicted molar refractivity (Wildman–Crippen MR) is 111 cm³/mol. The van der Waals surface area contributed by atoms with E-state index < -0.39 is 9.84 Å². The normalized spacial score (nSPS) is 11.5. The quantitative estimate of drug-likeness (QED) is 0.561. The Labute approximate surface area is 167 Å². The molecule has 0 atom stereocenters. The lowest BCUT2D eigenvalue weighted by Crippen LogP contribution is -2.14. The Hall–Kier alpha value is -3.52. The van der Waals surface area contributed by atoms with E-state index >= 15 is 0 Å². The van der Waals surface area contributed by atoms with E-state index in [1.807, 2.05) is 24.3 Å². The molecule has 0 aliphatic carbocycles. The molecule has 0 saturated carbocycles. The highest BCUT2D eigenvalue weighted by Crippen LogP contribution is 2.22. The lowest BCUT2D eigenvalue weighted by Gasteiger charge is -2.08. The Morgan fingerprint density at radius 1 is 1.07 bits per heavy atom. The summed E-state index contributed by atoms with van der Waals surface area (Å²) in [5, 5.41) is 7.88. The molecule has 0 bridgehead atoms. The van der Waals surface area contributed by atoms with E-state index in [0.29, 0.717) is 22.6 Å². The minimum atomic E-state index is -3.42. The molecule has 1 amide bonds. The van der Waals surface area contributed by atoms with Crippen molar-refractivity contribution in [1.82, 2.24) is 14.8 Å². The van der Waals surface area contributed by atoms with Crippen LogP contribution in [0.2, 0.25) is 0 Å². The Kier molecular flexibility index (Phi) is 4.63. The van der Waals surface area contributed by atoms with E-state index in [4.69, 9.17) is 0 Å². The number of nitrogens with zero attached hydrogens (tertiary/aromatic N) is 3. The average molecular weight is 406 g/mol. The van der Waals surface area contributed by atoms with Crippen molar-refractivity contribution in [3.63, 3.8) is 0 Å². The molecule has 2 heterocycles. The number of carbonyl (C=O) groups is 1. The number of anilines is 1. The van der Waals surface area contributed by atoms with E-state index in [2.05, 4.69) is 15.4 Å². The zero-order valence-corrected chi connectivity index (χ0v) is 16.6. The smallest absolute Gasteiger partial charge is 0.257 e. The molecule has 4 rings (SSSR count). The van der Waals surface area contributed by atoms with Crippen LogP contribution in [-0.4, -0.2) is 35.3 Å². The lowest BCUT2D eigenvalue weighted by molar-refractivity contribution is 0.102. The largest absolute Gasteiger partial charge is 0.319 e. The topological polar surface area (TPSA) is 93.9 Å². The summed E-state index contributed by atoms with van der Waals surface area (Å²) in [6.07, 6.45) is 4.19. The molecule has 4 aromatic rings. The van der Waals surface area contributed by atoms with Crippen LogP contribution in [0.5, 0.6) is 0 Å². The van der Waals surface area contributed by atoms with Crippen LogP contribution in [0.1, 0.15) is 16.1 Å². The van der Waals surface area contributed by atoms with Gasteiger partial charge in [-0.2, -0.15) is 5.10 Å². The molecule has 29 heavy (non-hydrogen) atoms. The molecule has 0 fully saturated rings. The number of fused-ring (bicyclic) bond motifs is 1. The molecule has 2 aromatic heterocycles. The SMILES string of the molecule is Cc1nc2ccccc2cc1C(=O)Nc1cnn(-c2ccccc2S(C)(=O)=O)c1. The maximum absolute atomic E-state index is 12.8. The van der Waals surface area contributed by atoms with E-state index in [1.165, 1.54) is 16.9 Å². The Balaban J connectivity index is 1.64. The van der Waals surface area contributed by atoms with Gasteiger partial charge in [0.05, 0.1) is 45.4 Å². The van der Waals surface area contributed by atoms with Gasteiger partial charge in [-0.05, 0) is 31.2 Å². The number of hydrogen-bond acceptors (Lipinski definition) is 5. The second kappa shape index (κ2) is 7.14. The molecule has 1 N–H and O–H groups in total. The molecular formula is C21H18N4O3S. The average Bonchev–Trinajstić information content (AvgIpc) is 3.15. The minimum absolute atomic E-state index is 0.163. The molecule has 8 heteroatoms. The van der Waals surface area contributed by atoms with Crippen LogP contribution in [0.15, 0.2) is 71.9 Å². The van der Waals surface area contributed by atoms with Gasteiger partial charge >= 0.3 is 0 Å². The van der Waals surface area contributed by atoms with Crippen LogP contribution in [0.4, 0.5) is 5.69 Å². The van der Waals surface area contributed by atoms with E-state index in [0.717, 1.165) is 17.2 Å². The Morgan fingerprint density at radius 2 is 1.79 bits per heavy atom. The number of rotatable bonds is 4. The highest BCUT2D eigenvalue weighted by molar-refractivity contribution is 7.90. The zero-order valence-electron chi connectivity index (χ0n) is 15.8. The first-order chi connectivity index (χ1) is 13.8. The summed E-state index contributed by atoms with van der Waals surface area (Å²) in [6.45, 7) is 1.78. The Bertz CT molecular complexity index is 1340. The first kappa shape index (κ1) is 18.8. The molecule has 0 saturated heterocycles. The van der Waals surface area contributed by atoms with Crippen LogP contribution in [0.25, 0.3) is 16.6 Å². The minimum Gasteiger partial charge on any atom is -0.319 e. The monoisotopic (exact) mass is 406 g/mol. The summed E-state index contributed by atoms with van der Waals surface area (Å²) >= 11 is 0. The number of benzene rings is 2. The number of hydrogen-bond donors (Lipinski definition) is 1. The third-order valence-corrected chi connectivity index (χ3v) is 5.66. The lowest BCUT2D eigenvalue weighted by atomic mass is 10.1. The summed E-state index contributed by atoms with van der Waals surface area (Å²) in [4.78, 5) is 17.4. The molecule has 7 nitrogen and oxygen atoms in total. The van der Waals surface area contributed by atoms with Crippen LogP contribution < -0.4 is 5.32 Å². The van der Waals surface area contributed by atoms with Crippen molar-refractivity contribution in [2.45, 2.75) is 11.8 Å². The standard InChI is InChI=1S/C21H18N4O3S/c1-14-17(11-15-7-3-4-8-18(15)23-14)21(26)24-16-12-22-25(13-16)19-9-5-6-10-20(19)29(2,27)28/h3-13H,1-2H3,(H,24,26). The number of nitrogens with one attached hydrogen (secondary N) is 1. The fraction of sp³-hybridized carbons (Fsp3) is 0.0952. The van der Waals surface area contributed by atoms with Gasteiger partial charge in [-0.15, -0.1) is 0 Å². The molecular weight excluding hydrogens is 388 g/mol. The van der Waals surface area contributed by atoms with Gasteiger partial charge in [-0.3, -0.25) is 9.78 Å². The van der Waals surface area contributed by atoms with Crippen LogP contribution in [-0.2, 0) is 9.84 Å². The van der Waals surface area contributed by atoms with Gasteiger partial charge in [0.1, 0.15) is 0 Å². The fourth-order valence-electron chi connectivity index (χ4n) is 3.12. The van der Waals surface area contributed by atoms with Crippen LogP contribution >= 0.6 is 0 Å². The van der Waals surface area contributed by atoms with Gasteiger partial charge in [0.25, 0.3) is 5.91 Å². The molecule has 146 valence electrons. The molecule has 2 aromatic carbocycles. The van der Waals surface area contributed by atoms with E-state index in [-0.39, 0.29) is 10.8 Å². The van der Waals surface area contributed by atoms with Crippen molar-refractivity contribution >= 4 is 32.3 Å². The van der Waals surface area contributed by atoms with Gasteiger partial charge < -0.3 is 5.32 Å². The summed E-state index contributed by atoms with van der Waals surface area (Å²) < 4.78 is 25.5. The van der Waals surface area contributed by atoms with Gasteiger partial charge in [0.2, 0.25) is 0 Å². The number of pyridine rings is 1. The van der Waals surface area contributed by atoms with Gasteiger partial charge in [0.15, 0.2) is 9.84 Å². The van der Waals surface area contributed by atoms with Gasteiger partial charge in [0, 0.05) is 11.6 Å². The molecule has 0 spiro atoms. The van der Waals surface area contributed by atoms with E-state index in [1.54, 1.807) is 37.4 Å². The maximum Gasteiger partial charge on any atom is 0.257 e. The van der Waals surface area contributed by atoms with Crippen LogP contribution in [0, 0.1) is 6.92 Å². The molecule has 0 aliphatic rings. The second-order valence-corrected chi connectivity index (χ2v) is 8.67. The summed E-state index contributed by atoms with van der Waals surface area (Å²) in [6, 6.07) is 16.0. The number of aryl methyl sites for hydroxylation is 1. The number of aromatic nitrogens is 3. The highest BCUT2D eigenvalue weighted by Gasteiger charge is 2.16. The third-order valence-electron chi connectivity index (χ3n) is 4.51. The van der Waals surface area contributed by atoms with Crippen LogP contribution in [0.3, 0.4) is 0 Å². The van der Waals surface area contributed by atoms with Crippen molar-refractivity contribution in [2.75, 3.05) is 11.6 Å². The number of carbonyl (C=O) groups excluding carboxylic acids is 1. The first-order valence-electron chi connectivity index (χ1n) is 8.85. The predicted octanol–water partition coefficient (Wildman–Crippen LogP) is 3.38. The van der Waals surface area contributed by atoms with Crippen molar-refractivity contribution in [3.05, 3.63) is 78.2 Å². The third kappa shape index (κ3) is 3.74. The summed E-state index contributed by atoms with van der Waals surface area (Å²) in [7, 11) is -3.42. The molecule has 0 radical (unpaired) electrons. The number of sulfone groups is 1. The zero-order chi connectivity index (χ0) is 20.6. The Morgan fingerprint density at radius 3 is 2.59 bits per heavy atom. The van der Waals surface area contributed by atoms with Gasteiger partial charge in [-0.25, -0.2) is 13.1 Å². The maximum atomic E-state index is 12.8. The number of para-hydroxylation sites is 2. The summed E-state index contributed by atoms with van der Waals surface area (Å²) in [5.74, 6) is -0.309. The van der Waals surface area contributed by atoms with E-state index in [9.17, 15) is 13.2 Å². The second-order valence-electron chi connectivity index (χ2n) is 6.68. The van der Waals surface area contributed by atoms with Crippen molar-refractivity contribution in [1.29, 1.82) is 0 Å². The number of amides is 1. The first-order valence-corrected chi connectivity index (χ1v) is 10.7. The molecule has 0 aliphatic heterocycles.